The van der Waals surface area contributed by atoms with Crippen LogP contribution in [-0.2, 0) is 19.4 Å². The fourth-order valence-electron chi connectivity index (χ4n) is 3.09. The van der Waals surface area contributed by atoms with E-state index in [0.717, 1.165) is 6.54 Å². The molecule has 2 heteroatoms. The first kappa shape index (κ1) is 11.3. The lowest BCUT2D eigenvalue weighted by Crippen LogP contribution is -2.08. The molecule has 0 bridgehead atoms. The number of hydrogen-bond acceptors (Lipinski definition) is 0. The van der Waals surface area contributed by atoms with E-state index in [4.69, 9.17) is 0 Å². The largest absolute Gasteiger partial charge is 0.344 e. The Kier molecular flexibility index (Phi) is 2.99. The molecule has 1 heterocycles. The van der Waals surface area contributed by atoms with E-state index in [1.54, 1.807) is 11.3 Å². The van der Waals surface area contributed by atoms with Crippen molar-refractivity contribution >= 4 is 26.8 Å². The third-order valence-corrected chi connectivity index (χ3v) is 4.28. The Bertz CT molecular complexity index is 554. The molecule has 0 radical (unpaired) electrons. The van der Waals surface area contributed by atoms with E-state index in [0.29, 0.717) is 0 Å². The van der Waals surface area contributed by atoms with Gasteiger partial charge in [-0.1, -0.05) is 28.9 Å². The van der Waals surface area contributed by atoms with Crippen molar-refractivity contribution in [3.05, 3.63) is 33.9 Å². The lowest BCUT2D eigenvalue weighted by atomic mass is 9.95. The summed E-state index contributed by atoms with van der Waals surface area (Å²) < 4.78 is 3.74. The first-order valence-electron chi connectivity index (χ1n) is 6.60. The predicted octanol–water partition coefficient (Wildman–Crippen LogP) is 4.69. The Morgan fingerprint density at radius 2 is 2.06 bits per heavy atom. The van der Waals surface area contributed by atoms with Gasteiger partial charge in [0.2, 0.25) is 0 Å². The second-order valence-electron chi connectivity index (χ2n) is 4.95. The minimum atomic E-state index is 1.16. The van der Waals surface area contributed by atoms with Crippen molar-refractivity contribution in [2.24, 2.45) is 0 Å². The van der Waals surface area contributed by atoms with Crippen LogP contribution in [0.1, 0.15) is 37.4 Å². The van der Waals surface area contributed by atoms with Gasteiger partial charge in [-0.2, -0.15) is 0 Å². The van der Waals surface area contributed by atoms with Crippen molar-refractivity contribution in [2.75, 3.05) is 0 Å². The van der Waals surface area contributed by atoms with Gasteiger partial charge >= 0.3 is 0 Å². The number of hydrogen-bond donors (Lipinski definition) is 0. The van der Waals surface area contributed by atoms with E-state index in [9.17, 15) is 0 Å². The van der Waals surface area contributed by atoms with Gasteiger partial charge in [0.1, 0.15) is 0 Å². The Morgan fingerprint density at radius 3 is 2.88 bits per heavy atom. The highest BCUT2D eigenvalue weighted by molar-refractivity contribution is 9.10. The molecule has 0 saturated heterocycles. The SMILES string of the molecule is CCCn1c2c(c3ccc(Br)cc31)CCCC2. The third-order valence-electron chi connectivity index (χ3n) is 3.79. The summed E-state index contributed by atoms with van der Waals surface area (Å²) in [6.45, 7) is 3.42. The molecule has 0 atom stereocenters. The molecule has 1 aliphatic carbocycles. The van der Waals surface area contributed by atoms with Crippen LogP contribution in [0.4, 0.5) is 0 Å². The van der Waals surface area contributed by atoms with Gasteiger partial charge in [-0.25, -0.2) is 0 Å². The van der Waals surface area contributed by atoms with E-state index in [1.807, 2.05) is 0 Å². The number of aromatic nitrogens is 1. The predicted molar refractivity (Wildman–Crippen MR) is 76.6 cm³/mol. The molecular formula is C15H18BrN. The van der Waals surface area contributed by atoms with Crippen LogP contribution in [0.25, 0.3) is 10.9 Å². The monoisotopic (exact) mass is 291 g/mol. The van der Waals surface area contributed by atoms with Gasteiger partial charge in [-0.15, -0.1) is 0 Å². The van der Waals surface area contributed by atoms with Gasteiger partial charge in [0.05, 0.1) is 0 Å². The molecule has 0 amide bonds. The molecule has 2 aromatic rings. The number of rotatable bonds is 2. The van der Waals surface area contributed by atoms with Gasteiger partial charge in [-0.05, 0) is 49.8 Å². The van der Waals surface area contributed by atoms with Crippen LogP contribution in [-0.4, -0.2) is 4.57 Å². The summed E-state index contributed by atoms with van der Waals surface area (Å²) in [5.74, 6) is 0. The van der Waals surface area contributed by atoms with Crippen LogP contribution in [0, 0.1) is 0 Å². The maximum absolute atomic E-state index is 3.60. The Labute approximate surface area is 111 Å². The fraction of sp³-hybridized carbons (Fsp3) is 0.467. The van der Waals surface area contributed by atoms with Crippen molar-refractivity contribution in [3.8, 4) is 0 Å². The molecule has 17 heavy (non-hydrogen) atoms. The minimum Gasteiger partial charge on any atom is -0.344 e. The zero-order chi connectivity index (χ0) is 11.8. The van der Waals surface area contributed by atoms with Crippen molar-refractivity contribution < 1.29 is 0 Å². The maximum Gasteiger partial charge on any atom is 0.0496 e. The van der Waals surface area contributed by atoms with E-state index in [2.05, 4.69) is 45.6 Å². The van der Waals surface area contributed by atoms with Gasteiger partial charge in [-0.3, -0.25) is 0 Å². The highest BCUT2D eigenvalue weighted by Crippen LogP contribution is 2.33. The van der Waals surface area contributed by atoms with Gasteiger partial charge in [0.15, 0.2) is 0 Å². The van der Waals surface area contributed by atoms with Gasteiger partial charge in [0, 0.05) is 27.6 Å². The Morgan fingerprint density at radius 1 is 1.24 bits per heavy atom. The molecule has 3 rings (SSSR count). The molecule has 1 aromatic carbocycles. The molecule has 0 saturated carbocycles. The van der Waals surface area contributed by atoms with Crippen molar-refractivity contribution in [1.82, 2.24) is 4.57 Å². The molecule has 1 nitrogen and oxygen atoms in total. The molecule has 90 valence electrons. The summed E-state index contributed by atoms with van der Waals surface area (Å²) in [6.07, 6.45) is 6.46. The number of nitrogens with zero attached hydrogens (tertiary/aromatic N) is 1. The van der Waals surface area contributed by atoms with Crippen molar-refractivity contribution in [1.29, 1.82) is 0 Å². The van der Waals surface area contributed by atoms with Crippen LogP contribution in [0.15, 0.2) is 22.7 Å². The molecule has 0 aliphatic heterocycles. The number of benzene rings is 1. The van der Waals surface area contributed by atoms with Crippen molar-refractivity contribution in [3.63, 3.8) is 0 Å². The van der Waals surface area contributed by atoms with Gasteiger partial charge < -0.3 is 4.57 Å². The van der Waals surface area contributed by atoms with E-state index >= 15 is 0 Å². The van der Waals surface area contributed by atoms with Gasteiger partial charge in [0.25, 0.3) is 0 Å². The second-order valence-corrected chi connectivity index (χ2v) is 5.86. The number of aryl methyl sites for hydroxylation is 2. The lowest BCUT2D eigenvalue weighted by Gasteiger charge is -2.15. The van der Waals surface area contributed by atoms with Crippen LogP contribution in [0.3, 0.4) is 0 Å². The fourth-order valence-corrected chi connectivity index (χ4v) is 3.43. The van der Waals surface area contributed by atoms with Crippen LogP contribution < -0.4 is 0 Å². The molecular weight excluding hydrogens is 274 g/mol. The van der Waals surface area contributed by atoms with E-state index in [-0.39, 0.29) is 0 Å². The smallest absolute Gasteiger partial charge is 0.0496 e. The zero-order valence-electron chi connectivity index (χ0n) is 10.3. The molecule has 0 spiro atoms. The molecule has 1 aromatic heterocycles. The molecule has 0 fully saturated rings. The van der Waals surface area contributed by atoms with E-state index in [1.165, 1.54) is 47.5 Å². The van der Waals surface area contributed by atoms with Crippen LogP contribution in [0.2, 0.25) is 0 Å². The van der Waals surface area contributed by atoms with Crippen LogP contribution in [0.5, 0.6) is 0 Å². The first-order chi connectivity index (χ1) is 8.31. The summed E-state index contributed by atoms with van der Waals surface area (Å²) in [7, 11) is 0. The summed E-state index contributed by atoms with van der Waals surface area (Å²) >= 11 is 3.60. The molecule has 1 aliphatic rings. The average Bonchev–Trinajstić information content (AvgIpc) is 2.65. The number of halogens is 1. The topological polar surface area (TPSA) is 4.93 Å². The normalized spacial score (nSPS) is 15.2. The lowest BCUT2D eigenvalue weighted by molar-refractivity contribution is 0.606. The van der Waals surface area contributed by atoms with Crippen LogP contribution >= 0.6 is 15.9 Å². The summed E-state index contributed by atoms with van der Waals surface area (Å²) in [4.78, 5) is 0. The quantitative estimate of drug-likeness (QED) is 0.756. The summed E-state index contributed by atoms with van der Waals surface area (Å²) in [5, 5.41) is 1.48. The highest BCUT2D eigenvalue weighted by atomic mass is 79.9. The minimum absolute atomic E-state index is 1.16. The third kappa shape index (κ3) is 1.83. The zero-order valence-corrected chi connectivity index (χ0v) is 11.9. The number of fused-ring (bicyclic) bond motifs is 3. The van der Waals surface area contributed by atoms with Crippen molar-refractivity contribution in [2.45, 2.75) is 45.6 Å². The summed E-state index contributed by atoms with van der Waals surface area (Å²) in [6, 6.07) is 6.74. The second kappa shape index (κ2) is 4.49. The molecule has 0 N–H and O–H groups in total. The average molecular weight is 292 g/mol. The maximum atomic E-state index is 3.60. The summed E-state index contributed by atoms with van der Waals surface area (Å²) in [5.41, 5.74) is 4.64. The Balaban J connectivity index is 2.29. The highest BCUT2D eigenvalue weighted by Gasteiger charge is 2.19. The standard InChI is InChI=1S/C15H18BrN/c1-2-9-17-14-6-4-3-5-12(14)13-8-7-11(16)10-15(13)17/h7-8,10H,2-6,9H2,1H3. The Hall–Kier alpha value is -0.760. The molecule has 0 unspecified atom stereocenters. The van der Waals surface area contributed by atoms with E-state index < -0.39 is 0 Å². The first-order valence-corrected chi connectivity index (χ1v) is 7.40.